The molecule has 3 aromatic rings. The van der Waals surface area contributed by atoms with Crippen molar-refractivity contribution in [2.24, 2.45) is 0 Å². The highest BCUT2D eigenvalue weighted by Crippen LogP contribution is 2.18. The molecule has 0 fully saturated rings. The lowest BCUT2D eigenvalue weighted by molar-refractivity contribution is 0.0954. The molecular weight excluding hydrogens is 352 g/mol. The van der Waals surface area contributed by atoms with Crippen molar-refractivity contribution in [3.05, 3.63) is 82.7 Å². The molecule has 6 nitrogen and oxygen atoms in total. The molecule has 0 spiro atoms. The van der Waals surface area contributed by atoms with Crippen LogP contribution in [0.3, 0.4) is 0 Å². The number of hydrogen-bond acceptors (Lipinski definition) is 3. The zero-order valence-electron chi connectivity index (χ0n) is 16.3. The second-order valence-electron chi connectivity index (χ2n) is 6.58. The summed E-state index contributed by atoms with van der Waals surface area (Å²) in [5, 5.41) is 10.2. The Kier molecular flexibility index (Phi) is 5.89. The average molecular weight is 376 g/mol. The lowest BCUT2D eigenvalue weighted by Gasteiger charge is -2.09. The van der Waals surface area contributed by atoms with Crippen molar-refractivity contribution in [2.75, 3.05) is 11.9 Å². The highest BCUT2D eigenvalue weighted by molar-refractivity contribution is 6.06. The second kappa shape index (κ2) is 8.52. The predicted octanol–water partition coefficient (Wildman–Crippen LogP) is 3.55. The van der Waals surface area contributed by atoms with Gasteiger partial charge >= 0.3 is 0 Å². The molecule has 0 aliphatic heterocycles. The Morgan fingerprint density at radius 1 is 1.00 bits per heavy atom. The van der Waals surface area contributed by atoms with Gasteiger partial charge in [0.25, 0.3) is 11.8 Å². The summed E-state index contributed by atoms with van der Waals surface area (Å²) in [7, 11) is 0. The minimum atomic E-state index is -0.234. The molecule has 2 amide bonds. The summed E-state index contributed by atoms with van der Waals surface area (Å²) in [6.07, 6.45) is 0. The van der Waals surface area contributed by atoms with Crippen molar-refractivity contribution in [3.8, 4) is 0 Å². The second-order valence-corrected chi connectivity index (χ2v) is 6.58. The molecular formula is C22H24N4O2. The largest absolute Gasteiger partial charge is 0.352 e. The molecule has 0 aliphatic carbocycles. The average Bonchev–Trinajstić information content (AvgIpc) is 2.96. The number of carbonyl (C=O) groups excluding carboxylic acids is 2. The Morgan fingerprint density at radius 3 is 2.46 bits per heavy atom. The lowest BCUT2D eigenvalue weighted by Crippen LogP contribution is -2.23. The first-order chi connectivity index (χ1) is 13.5. The number of benzene rings is 2. The first-order valence-corrected chi connectivity index (χ1v) is 9.27. The van der Waals surface area contributed by atoms with Crippen LogP contribution in [0, 0.1) is 13.8 Å². The van der Waals surface area contributed by atoms with Crippen LogP contribution in [0.15, 0.2) is 54.6 Å². The van der Waals surface area contributed by atoms with Gasteiger partial charge in [0.15, 0.2) is 0 Å². The van der Waals surface area contributed by atoms with E-state index in [-0.39, 0.29) is 11.8 Å². The number of aromatic nitrogens is 2. The van der Waals surface area contributed by atoms with Gasteiger partial charge in [-0.05, 0) is 44.5 Å². The van der Waals surface area contributed by atoms with Crippen LogP contribution in [0.2, 0.25) is 0 Å². The van der Waals surface area contributed by atoms with Gasteiger partial charge in [-0.1, -0.05) is 36.4 Å². The topological polar surface area (TPSA) is 76.0 Å². The molecule has 0 saturated heterocycles. The highest BCUT2D eigenvalue weighted by Gasteiger charge is 2.19. The van der Waals surface area contributed by atoms with Crippen LogP contribution in [0.25, 0.3) is 0 Å². The maximum atomic E-state index is 12.9. The Balaban J connectivity index is 1.80. The molecule has 0 atom stereocenters. The third-order valence-corrected chi connectivity index (χ3v) is 4.50. The molecule has 144 valence electrons. The van der Waals surface area contributed by atoms with Crippen LogP contribution in [-0.2, 0) is 6.54 Å². The summed E-state index contributed by atoms with van der Waals surface area (Å²) in [5.74, 6) is -0.399. The van der Waals surface area contributed by atoms with E-state index in [9.17, 15) is 9.59 Å². The Labute approximate surface area is 164 Å². The van der Waals surface area contributed by atoms with E-state index in [1.807, 2.05) is 55.8 Å². The van der Waals surface area contributed by atoms with Gasteiger partial charge in [0.2, 0.25) is 0 Å². The van der Waals surface area contributed by atoms with Gasteiger partial charge < -0.3 is 10.6 Å². The summed E-state index contributed by atoms with van der Waals surface area (Å²) >= 11 is 0. The summed E-state index contributed by atoms with van der Waals surface area (Å²) in [5.41, 5.74) is 4.23. The lowest BCUT2D eigenvalue weighted by atomic mass is 10.1. The minimum absolute atomic E-state index is 0.165. The Morgan fingerprint density at radius 2 is 1.75 bits per heavy atom. The van der Waals surface area contributed by atoms with E-state index in [4.69, 9.17) is 0 Å². The Bertz CT molecular complexity index is 993. The number of rotatable bonds is 6. The molecule has 1 heterocycles. The summed E-state index contributed by atoms with van der Waals surface area (Å²) in [6.45, 7) is 6.74. The van der Waals surface area contributed by atoms with E-state index in [2.05, 4.69) is 15.7 Å². The normalized spacial score (nSPS) is 10.5. The number of carbonyl (C=O) groups is 2. The van der Waals surface area contributed by atoms with E-state index < -0.39 is 0 Å². The van der Waals surface area contributed by atoms with E-state index in [0.29, 0.717) is 35.6 Å². The quantitative estimate of drug-likeness (QED) is 0.691. The van der Waals surface area contributed by atoms with Crippen LogP contribution in [0.5, 0.6) is 0 Å². The van der Waals surface area contributed by atoms with Gasteiger partial charge in [-0.25, -0.2) is 0 Å². The van der Waals surface area contributed by atoms with Gasteiger partial charge in [-0.2, -0.15) is 5.10 Å². The smallest absolute Gasteiger partial charge is 0.259 e. The number of aryl methyl sites for hydroxylation is 1. The van der Waals surface area contributed by atoms with Gasteiger partial charge in [0.1, 0.15) is 0 Å². The number of anilines is 1. The van der Waals surface area contributed by atoms with Crippen LogP contribution in [-0.4, -0.2) is 28.1 Å². The molecule has 3 rings (SSSR count). The molecule has 6 heteroatoms. The predicted molar refractivity (Wildman–Crippen MR) is 110 cm³/mol. The third-order valence-electron chi connectivity index (χ3n) is 4.50. The molecule has 0 aliphatic rings. The van der Waals surface area contributed by atoms with Gasteiger partial charge in [-0.3, -0.25) is 14.3 Å². The fourth-order valence-corrected chi connectivity index (χ4v) is 3.13. The van der Waals surface area contributed by atoms with Crippen LogP contribution < -0.4 is 10.6 Å². The highest BCUT2D eigenvalue weighted by atomic mass is 16.2. The molecule has 0 unspecified atom stereocenters. The van der Waals surface area contributed by atoms with E-state index in [1.54, 1.807) is 24.3 Å². The first kappa shape index (κ1) is 19.4. The van der Waals surface area contributed by atoms with E-state index in [0.717, 1.165) is 11.3 Å². The van der Waals surface area contributed by atoms with Gasteiger partial charge in [0.05, 0.1) is 17.8 Å². The van der Waals surface area contributed by atoms with Crippen molar-refractivity contribution in [1.82, 2.24) is 15.1 Å². The van der Waals surface area contributed by atoms with Crippen molar-refractivity contribution >= 4 is 17.5 Å². The molecule has 0 radical (unpaired) electrons. The third kappa shape index (κ3) is 4.28. The number of amides is 2. The molecule has 1 aromatic heterocycles. The number of hydrogen-bond donors (Lipinski definition) is 2. The minimum Gasteiger partial charge on any atom is -0.352 e. The molecule has 0 saturated carbocycles. The fourth-order valence-electron chi connectivity index (χ4n) is 3.13. The summed E-state index contributed by atoms with van der Waals surface area (Å²) < 4.78 is 1.84. The molecule has 2 N–H and O–H groups in total. The van der Waals surface area contributed by atoms with Crippen LogP contribution >= 0.6 is 0 Å². The molecule has 28 heavy (non-hydrogen) atoms. The zero-order valence-corrected chi connectivity index (χ0v) is 16.3. The van der Waals surface area contributed by atoms with Crippen LogP contribution in [0.1, 0.15) is 44.6 Å². The van der Waals surface area contributed by atoms with E-state index >= 15 is 0 Å². The number of nitrogens with zero attached hydrogens (tertiary/aromatic N) is 2. The maximum Gasteiger partial charge on any atom is 0.259 e. The van der Waals surface area contributed by atoms with Crippen molar-refractivity contribution in [2.45, 2.75) is 27.3 Å². The summed E-state index contributed by atoms with van der Waals surface area (Å²) in [4.78, 5) is 24.9. The fraction of sp³-hybridized carbons (Fsp3) is 0.227. The zero-order chi connectivity index (χ0) is 20.1. The first-order valence-electron chi connectivity index (χ1n) is 9.27. The van der Waals surface area contributed by atoms with Crippen molar-refractivity contribution in [3.63, 3.8) is 0 Å². The monoisotopic (exact) mass is 376 g/mol. The van der Waals surface area contributed by atoms with Gasteiger partial charge in [-0.15, -0.1) is 0 Å². The Hall–Kier alpha value is -3.41. The maximum absolute atomic E-state index is 12.9. The number of nitrogens with one attached hydrogen (secondary N) is 2. The van der Waals surface area contributed by atoms with Crippen molar-refractivity contribution in [1.29, 1.82) is 0 Å². The molecule has 2 aromatic carbocycles. The van der Waals surface area contributed by atoms with E-state index in [1.165, 1.54) is 0 Å². The molecule has 0 bridgehead atoms. The SMILES string of the molecule is CCNC(=O)c1cccc(NC(=O)c2c(C)nn(Cc3ccccc3)c2C)c1. The van der Waals surface area contributed by atoms with Crippen LogP contribution in [0.4, 0.5) is 5.69 Å². The summed E-state index contributed by atoms with van der Waals surface area (Å²) in [6, 6.07) is 16.9. The van der Waals surface area contributed by atoms with Gasteiger partial charge in [0, 0.05) is 23.5 Å². The standard InChI is InChI=1S/C22H24N4O2/c1-4-23-21(27)18-11-8-12-19(13-18)24-22(28)20-15(2)25-26(16(20)3)14-17-9-6-5-7-10-17/h5-13H,4,14H2,1-3H3,(H,23,27)(H,24,28). The van der Waals surface area contributed by atoms with Crippen molar-refractivity contribution < 1.29 is 9.59 Å².